The third-order valence-corrected chi connectivity index (χ3v) is 4.42. The van der Waals surface area contributed by atoms with Crippen LogP contribution in [0.1, 0.15) is 30.9 Å². The number of hydrogen-bond acceptors (Lipinski definition) is 3. The highest BCUT2D eigenvalue weighted by molar-refractivity contribution is 5.86. The third-order valence-electron chi connectivity index (χ3n) is 4.42. The number of imidazole rings is 1. The van der Waals surface area contributed by atoms with Gasteiger partial charge in [0.05, 0.1) is 11.0 Å². The average molecular weight is 329 g/mol. The molecule has 0 aliphatic carbocycles. The SMILES string of the molecule is C=C1CCC(n2c(=O)n(C)c3cc(CCC(=O)O)ccc32)C(=O)N1. The van der Waals surface area contributed by atoms with Gasteiger partial charge in [0, 0.05) is 19.2 Å². The first kappa shape index (κ1) is 16.0. The third kappa shape index (κ3) is 2.73. The van der Waals surface area contributed by atoms with Gasteiger partial charge in [-0.25, -0.2) is 4.79 Å². The maximum atomic E-state index is 12.6. The number of amides is 1. The highest BCUT2D eigenvalue weighted by Gasteiger charge is 2.29. The zero-order chi connectivity index (χ0) is 17.4. The minimum absolute atomic E-state index is 0.0350. The lowest BCUT2D eigenvalue weighted by molar-refractivity contribution is -0.137. The van der Waals surface area contributed by atoms with Gasteiger partial charge in [-0.15, -0.1) is 0 Å². The number of aromatic nitrogens is 2. The number of allylic oxidation sites excluding steroid dienone is 1. The van der Waals surface area contributed by atoms with Crippen molar-refractivity contribution in [2.24, 2.45) is 7.05 Å². The Kier molecular flexibility index (Phi) is 4.01. The van der Waals surface area contributed by atoms with Crippen LogP contribution in [-0.2, 0) is 23.1 Å². The number of rotatable bonds is 4. The van der Waals surface area contributed by atoms with Gasteiger partial charge < -0.3 is 10.4 Å². The quantitative estimate of drug-likeness (QED) is 0.885. The first-order chi connectivity index (χ1) is 11.4. The largest absolute Gasteiger partial charge is 0.481 e. The van der Waals surface area contributed by atoms with Gasteiger partial charge in [0.25, 0.3) is 0 Å². The van der Waals surface area contributed by atoms with E-state index < -0.39 is 12.0 Å². The minimum Gasteiger partial charge on any atom is -0.481 e. The maximum absolute atomic E-state index is 12.6. The highest BCUT2D eigenvalue weighted by Crippen LogP contribution is 2.25. The lowest BCUT2D eigenvalue weighted by atomic mass is 10.0. The van der Waals surface area contributed by atoms with Gasteiger partial charge in [-0.2, -0.15) is 0 Å². The Morgan fingerprint density at radius 3 is 2.79 bits per heavy atom. The fourth-order valence-electron chi connectivity index (χ4n) is 3.13. The van der Waals surface area contributed by atoms with E-state index in [4.69, 9.17) is 5.11 Å². The number of aliphatic carboxylic acids is 1. The molecule has 2 aromatic rings. The molecule has 0 saturated carbocycles. The van der Waals surface area contributed by atoms with Crippen LogP contribution in [0.5, 0.6) is 0 Å². The van der Waals surface area contributed by atoms with Crippen molar-refractivity contribution >= 4 is 22.9 Å². The monoisotopic (exact) mass is 329 g/mol. The van der Waals surface area contributed by atoms with Gasteiger partial charge in [-0.1, -0.05) is 12.6 Å². The van der Waals surface area contributed by atoms with E-state index in [9.17, 15) is 14.4 Å². The second kappa shape index (κ2) is 5.99. The average Bonchev–Trinajstić information content (AvgIpc) is 2.77. The molecular formula is C17H19N3O4. The molecule has 0 bridgehead atoms. The zero-order valence-electron chi connectivity index (χ0n) is 13.4. The summed E-state index contributed by atoms with van der Waals surface area (Å²) < 4.78 is 3.01. The normalized spacial score (nSPS) is 18.0. The van der Waals surface area contributed by atoms with Crippen molar-refractivity contribution in [3.63, 3.8) is 0 Å². The molecule has 0 radical (unpaired) electrons. The maximum Gasteiger partial charge on any atom is 0.329 e. The van der Waals surface area contributed by atoms with Crippen LogP contribution in [0.15, 0.2) is 35.3 Å². The van der Waals surface area contributed by atoms with Crippen LogP contribution in [0, 0.1) is 0 Å². The van der Waals surface area contributed by atoms with E-state index in [1.165, 1.54) is 9.13 Å². The molecule has 2 heterocycles. The van der Waals surface area contributed by atoms with Gasteiger partial charge in [0.15, 0.2) is 0 Å². The number of carbonyl (C=O) groups excluding carboxylic acids is 1. The number of carboxylic acids is 1. The lowest BCUT2D eigenvalue weighted by Gasteiger charge is -2.24. The number of carbonyl (C=O) groups is 2. The number of nitrogens with zero attached hydrogens (tertiary/aromatic N) is 2. The standard InChI is InChI=1S/C17H19N3O4/c1-10-3-6-13(16(23)18-10)20-12-7-4-11(5-8-15(21)22)9-14(12)19(2)17(20)24/h4,7,9,13H,1,3,5-6,8H2,2H3,(H,18,23)(H,21,22). The molecule has 1 aromatic carbocycles. The second-order valence-electron chi connectivity index (χ2n) is 6.08. The summed E-state index contributed by atoms with van der Waals surface area (Å²) in [7, 11) is 1.65. The predicted octanol–water partition coefficient (Wildman–Crippen LogP) is 1.32. The predicted molar refractivity (Wildman–Crippen MR) is 88.7 cm³/mol. The van der Waals surface area contributed by atoms with E-state index in [1.54, 1.807) is 19.2 Å². The van der Waals surface area contributed by atoms with E-state index in [0.29, 0.717) is 36.0 Å². The summed E-state index contributed by atoms with van der Waals surface area (Å²) >= 11 is 0. The molecule has 7 heteroatoms. The van der Waals surface area contributed by atoms with Gasteiger partial charge in [-0.05, 0) is 37.0 Å². The number of nitrogens with one attached hydrogen (secondary N) is 1. The summed E-state index contributed by atoms with van der Waals surface area (Å²) in [6, 6.07) is 4.85. The summed E-state index contributed by atoms with van der Waals surface area (Å²) in [4.78, 5) is 35.6. The Hall–Kier alpha value is -2.83. The Balaban J connectivity index is 2.05. The zero-order valence-corrected chi connectivity index (χ0v) is 13.4. The Morgan fingerprint density at radius 2 is 2.12 bits per heavy atom. The van der Waals surface area contributed by atoms with E-state index in [2.05, 4.69) is 11.9 Å². The topological polar surface area (TPSA) is 93.3 Å². The van der Waals surface area contributed by atoms with Crippen molar-refractivity contribution in [3.05, 3.63) is 46.5 Å². The highest BCUT2D eigenvalue weighted by atomic mass is 16.4. The molecule has 0 spiro atoms. The molecule has 126 valence electrons. The molecule has 1 saturated heterocycles. The Morgan fingerprint density at radius 1 is 1.38 bits per heavy atom. The van der Waals surface area contributed by atoms with E-state index in [1.807, 2.05) is 6.07 Å². The molecule has 1 unspecified atom stereocenters. The summed E-state index contributed by atoms with van der Waals surface area (Å²) in [5.41, 5.74) is 2.63. The first-order valence-corrected chi connectivity index (χ1v) is 7.78. The summed E-state index contributed by atoms with van der Waals surface area (Å²) in [5, 5.41) is 11.5. The number of benzene rings is 1. The van der Waals surface area contributed by atoms with Gasteiger partial charge in [-0.3, -0.25) is 18.7 Å². The number of aryl methyl sites for hydroxylation is 2. The molecule has 2 N–H and O–H groups in total. The van der Waals surface area contributed by atoms with Crippen molar-refractivity contribution < 1.29 is 14.7 Å². The summed E-state index contributed by atoms with van der Waals surface area (Å²) in [6.07, 6.45) is 1.60. The smallest absolute Gasteiger partial charge is 0.329 e. The fraction of sp³-hybridized carbons (Fsp3) is 0.353. The lowest BCUT2D eigenvalue weighted by Crippen LogP contribution is -2.40. The molecule has 1 amide bonds. The van der Waals surface area contributed by atoms with Crippen molar-refractivity contribution in [3.8, 4) is 0 Å². The van der Waals surface area contributed by atoms with Crippen LogP contribution >= 0.6 is 0 Å². The molecular weight excluding hydrogens is 310 g/mol. The van der Waals surface area contributed by atoms with E-state index in [-0.39, 0.29) is 18.0 Å². The molecule has 3 rings (SSSR count). The van der Waals surface area contributed by atoms with Gasteiger partial charge >= 0.3 is 11.7 Å². The number of hydrogen-bond donors (Lipinski definition) is 2. The number of carboxylic acid groups (broad SMARTS) is 1. The molecule has 7 nitrogen and oxygen atoms in total. The van der Waals surface area contributed by atoms with Crippen LogP contribution < -0.4 is 11.0 Å². The van der Waals surface area contributed by atoms with Crippen molar-refractivity contribution in [1.29, 1.82) is 0 Å². The Labute approximate surface area is 138 Å². The molecule has 1 aliphatic heterocycles. The van der Waals surface area contributed by atoms with Crippen LogP contribution in [0.25, 0.3) is 11.0 Å². The summed E-state index contributed by atoms with van der Waals surface area (Å²) in [5.74, 6) is -1.09. The molecule has 1 fully saturated rings. The van der Waals surface area contributed by atoms with Crippen molar-refractivity contribution in [2.45, 2.75) is 31.7 Å². The van der Waals surface area contributed by atoms with E-state index >= 15 is 0 Å². The van der Waals surface area contributed by atoms with Gasteiger partial charge in [0.2, 0.25) is 5.91 Å². The number of fused-ring (bicyclic) bond motifs is 1. The second-order valence-corrected chi connectivity index (χ2v) is 6.08. The molecule has 1 aromatic heterocycles. The van der Waals surface area contributed by atoms with Crippen LogP contribution in [0.2, 0.25) is 0 Å². The molecule has 1 aliphatic rings. The van der Waals surface area contributed by atoms with Crippen LogP contribution in [0.4, 0.5) is 0 Å². The van der Waals surface area contributed by atoms with Crippen molar-refractivity contribution in [1.82, 2.24) is 14.5 Å². The minimum atomic E-state index is -0.860. The van der Waals surface area contributed by atoms with Gasteiger partial charge in [0.1, 0.15) is 6.04 Å². The molecule has 24 heavy (non-hydrogen) atoms. The summed E-state index contributed by atoms with van der Waals surface area (Å²) in [6.45, 7) is 3.76. The number of piperidine rings is 1. The van der Waals surface area contributed by atoms with Crippen molar-refractivity contribution in [2.75, 3.05) is 0 Å². The van der Waals surface area contributed by atoms with E-state index in [0.717, 1.165) is 5.56 Å². The Bertz CT molecular complexity index is 906. The van der Waals surface area contributed by atoms with Crippen LogP contribution in [0.3, 0.4) is 0 Å². The first-order valence-electron chi connectivity index (χ1n) is 7.78. The fourth-order valence-corrected chi connectivity index (χ4v) is 3.13. The van der Waals surface area contributed by atoms with Crippen LogP contribution in [-0.4, -0.2) is 26.1 Å². The molecule has 1 atom stereocenters.